The number of aliphatic hydroxyl groups is 1. The van der Waals surface area contributed by atoms with Crippen LogP contribution in [0, 0.1) is 6.92 Å². The molecule has 192 valence electrons. The molecule has 35 heavy (non-hydrogen) atoms. The molecule has 2 aliphatic rings. The van der Waals surface area contributed by atoms with Gasteiger partial charge in [-0.1, -0.05) is 17.7 Å². The van der Waals surface area contributed by atoms with Gasteiger partial charge in [-0.2, -0.15) is 13.5 Å². The van der Waals surface area contributed by atoms with Gasteiger partial charge in [-0.15, -0.1) is 0 Å². The van der Waals surface area contributed by atoms with Gasteiger partial charge in [0.1, 0.15) is 14.9 Å². The van der Waals surface area contributed by atoms with Crippen molar-refractivity contribution >= 4 is 48.4 Å². The third-order valence-electron chi connectivity index (χ3n) is 5.49. The van der Waals surface area contributed by atoms with E-state index in [2.05, 4.69) is 5.10 Å². The van der Waals surface area contributed by atoms with E-state index in [0.717, 1.165) is 5.56 Å². The van der Waals surface area contributed by atoms with Crippen LogP contribution >= 0.6 is 22.6 Å². The Labute approximate surface area is 218 Å². The fourth-order valence-electron chi connectivity index (χ4n) is 3.63. The summed E-state index contributed by atoms with van der Waals surface area (Å²) in [5.41, 5.74) is 4.80. The lowest BCUT2D eigenvalue weighted by atomic mass is 10.1. The van der Waals surface area contributed by atoms with Crippen LogP contribution in [0.2, 0.25) is 0 Å². The van der Waals surface area contributed by atoms with Gasteiger partial charge in [-0.25, -0.2) is 4.79 Å². The Balaban J connectivity index is 1.98. The molecule has 2 atom stereocenters. The quantitative estimate of drug-likeness (QED) is 0.288. The van der Waals surface area contributed by atoms with Gasteiger partial charge in [0.15, 0.2) is 6.23 Å². The lowest BCUT2D eigenvalue weighted by Gasteiger charge is -2.30. The Morgan fingerprint density at radius 1 is 1.26 bits per heavy atom. The molecule has 11 nitrogen and oxygen atoms in total. The van der Waals surface area contributed by atoms with Crippen molar-refractivity contribution in [3.8, 4) is 0 Å². The van der Waals surface area contributed by atoms with Gasteiger partial charge in [0.2, 0.25) is 0 Å². The molecule has 2 unspecified atom stereocenters. The normalized spacial score (nSPS) is 26.6. The van der Waals surface area contributed by atoms with Crippen LogP contribution in [0.25, 0.3) is 0 Å². The molecule has 3 rings (SSSR count). The van der Waals surface area contributed by atoms with E-state index in [0.29, 0.717) is 5.57 Å². The molecule has 2 amide bonds. The second-order valence-electron chi connectivity index (χ2n) is 9.60. The summed E-state index contributed by atoms with van der Waals surface area (Å²) >= 11 is 1.82. The molecule has 1 fully saturated rings. The molecule has 13 heteroatoms. The van der Waals surface area contributed by atoms with Gasteiger partial charge < -0.3 is 20.5 Å². The molecule has 0 spiro atoms. The highest BCUT2D eigenvalue weighted by molar-refractivity contribution is 14.1. The second-order valence-corrected chi connectivity index (χ2v) is 12.2. The van der Waals surface area contributed by atoms with Crippen LogP contribution in [0.1, 0.15) is 33.3 Å². The molecule has 1 aromatic rings. The maximum absolute atomic E-state index is 13.0. The summed E-state index contributed by atoms with van der Waals surface area (Å²) in [6, 6.07) is 6.13. The number of hydrazone groups is 1. The Kier molecular flexibility index (Phi) is 7.56. The Hall–Kier alpha value is -2.23. The minimum Gasteiger partial charge on any atom is -0.444 e. The Morgan fingerprint density at radius 2 is 1.86 bits per heavy atom. The number of ether oxygens (including phenoxy) is 1. The zero-order valence-corrected chi connectivity index (χ0v) is 23.1. The van der Waals surface area contributed by atoms with Crippen molar-refractivity contribution in [1.82, 2.24) is 9.91 Å². The number of hydrogen-bond acceptors (Lipinski definition) is 9. The number of amides is 2. The van der Waals surface area contributed by atoms with E-state index >= 15 is 0 Å². The highest BCUT2D eigenvalue weighted by atomic mass is 127. The predicted octanol–water partition coefficient (Wildman–Crippen LogP) is 1.87. The molecule has 3 N–H and O–H groups in total. The summed E-state index contributed by atoms with van der Waals surface area (Å²) in [4.78, 5) is 26.4. The van der Waals surface area contributed by atoms with Gasteiger partial charge in [0.25, 0.3) is 16.0 Å². The molecule has 1 aromatic carbocycles. The molecule has 1 saturated heterocycles. The minimum absolute atomic E-state index is 0.0418. The van der Waals surface area contributed by atoms with Crippen LogP contribution in [0.15, 0.2) is 45.4 Å². The summed E-state index contributed by atoms with van der Waals surface area (Å²) in [6.07, 6.45) is -1.99. The first-order chi connectivity index (χ1) is 16.1. The van der Waals surface area contributed by atoms with E-state index in [9.17, 15) is 23.1 Å². The van der Waals surface area contributed by atoms with Crippen LogP contribution in [-0.2, 0) is 23.8 Å². The zero-order valence-electron chi connectivity index (χ0n) is 20.1. The first kappa shape index (κ1) is 27.4. The average molecular weight is 620 g/mol. The first-order valence-electron chi connectivity index (χ1n) is 10.7. The van der Waals surface area contributed by atoms with Gasteiger partial charge in [0.05, 0.1) is 23.6 Å². The largest absolute Gasteiger partial charge is 0.444 e. The Bertz CT molecular complexity index is 1190. The standard InChI is InChI=1S/C22H29IN4O7S/c1-13-6-8-15(9-7-13)35(31,32)33-12-22-11-26(20(30)34-21(3,4)5)10-14(2)16(18(24)28)17(23)25-27(22)19(22)29/h6-9,19,29H,10-12H2,1-5H3,(H2,24,28)/b16-14-,25-17+. The van der Waals surface area contributed by atoms with Crippen molar-refractivity contribution in [2.24, 2.45) is 10.8 Å². The van der Waals surface area contributed by atoms with Crippen molar-refractivity contribution in [2.75, 3.05) is 19.7 Å². The maximum atomic E-state index is 13.0. The lowest BCUT2D eigenvalue weighted by Crippen LogP contribution is -2.46. The number of fused-ring (bicyclic) bond motifs is 1. The molecule has 2 heterocycles. The van der Waals surface area contributed by atoms with Gasteiger partial charge in [-0.05, 0) is 74.9 Å². The number of primary amides is 1. The summed E-state index contributed by atoms with van der Waals surface area (Å²) in [7, 11) is -4.16. The predicted molar refractivity (Wildman–Crippen MR) is 136 cm³/mol. The molecular weight excluding hydrogens is 591 g/mol. The highest BCUT2D eigenvalue weighted by Crippen LogP contribution is 2.43. The average Bonchev–Trinajstić information content (AvgIpc) is 3.24. The molecule has 2 aliphatic heterocycles. The number of benzene rings is 1. The SMILES string of the molecule is C/C1=C(C(N)=O)\C(I)=N/N2C(O)C2(COS(=O)(=O)c2ccc(C)cc2)CN(C(=O)OC(C)(C)C)C1. The van der Waals surface area contributed by atoms with E-state index < -0.39 is 46.1 Å². The fourth-order valence-corrected chi connectivity index (χ4v) is 5.55. The molecule has 0 bridgehead atoms. The number of nitrogens with two attached hydrogens (primary N) is 1. The van der Waals surface area contributed by atoms with Crippen LogP contribution in [0.3, 0.4) is 0 Å². The summed E-state index contributed by atoms with van der Waals surface area (Å²) < 4.78 is 36.6. The van der Waals surface area contributed by atoms with Crippen LogP contribution in [0.4, 0.5) is 4.79 Å². The number of aliphatic hydroxyl groups excluding tert-OH is 1. The van der Waals surface area contributed by atoms with Gasteiger partial charge >= 0.3 is 6.09 Å². The van der Waals surface area contributed by atoms with E-state index in [1.54, 1.807) is 39.8 Å². The number of aryl methyl sites for hydroxylation is 1. The number of halogens is 1. The van der Waals surface area contributed by atoms with Crippen LogP contribution < -0.4 is 5.73 Å². The van der Waals surface area contributed by atoms with Gasteiger partial charge in [-0.3, -0.25) is 14.0 Å². The summed E-state index contributed by atoms with van der Waals surface area (Å²) in [6.45, 7) is 7.85. The number of carbonyl (C=O) groups is 2. The number of nitrogens with zero attached hydrogens (tertiary/aromatic N) is 3. The van der Waals surface area contributed by atoms with Crippen molar-refractivity contribution < 1.29 is 32.0 Å². The second kappa shape index (κ2) is 9.67. The lowest BCUT2D eigenvalue weighted by molar-refractivity contribution is -0.114. The molecule has 0 aliphatic carbocycles. The third kappa shape index (κ3) is 5.95. The number of rotatable bonds is 5. The zero-order chi connectivity index (χ0) is 26.3. The van der Waals surface area contributed by atoms with E-state index in [4.69, 9.17) is 14.7 Å². The van der Waals surface area contributed by atoms with Gasteiger partial charge in [0, 0.05) is 6.54 Å². The minimum atomic E-state index is -4.16. The smallest absolute Gasteiger partial charge is 0.410 e. The van der Waals surface area contributed by atoms with Crippen LogP contribution in [0.5, 0.6) is 0 Å². The third-order valence-corrected chi connectivity index (χ3v) is 7.53. The van der Waals surface area contributed by atoms with Crippen LogP contribution in [-0.4, -0.2) is 76.2 Å². The molecule has 0 saturated carbocycles. The molecule has 0 aromatic heterocycles. The summed E-state index contributed by atoms with van der Waals surface area (Å²) in [5.74, 6) is -0.748. The maximum Gasteiger partial charge on any atom is 0.410 e. The van der Waals surface area contributed by atoms with E-state index in [-0.39, 0.29) is 27.3 Å². The number of carbonyl (C=O) groups excluding carboxylic acids is 2. The number of hydrogen-bond donors (Lipinski definition) is 2. The van der Waals surface area contributed by atoms with Crippen molar-refractivity contribution in [3.63, 3.8) is 0 Å². The first-order valence-corrected chi connectivity index (χ1v) is 13.2. The molecular formula is C22H29IN4O7S. The van der Waals surface area contributed by atoms with E-state index in [1.807, 2.05) is 29.5 Å². The topological polar surface area (TPSA) is 152 Å². The van der Waals surface area contributed by atoms with Crippen molar-refractivity contribution in [1.29, 1.82) is 0 Å². The monoisotopic (exact) mass is 620 g/mol. The summed E-state index contributed by atoms with van der Waals surface area (Å²) in [5, 5.41) is 16.3. The molecule has 0 radical (unpaired) electrons. The van der Waals surface area contributed by atoms with Crippen molar-refractivity contribution in [3.05, 3.63) is 41.0 Å². The fraction of sp³-hybridized carbons (Fsp3) is 0.500. The van der Waals surface area contributed by atoms with Crippen molar-refractivity contribution in [2.45, 2.75) is 56.9 Å². The highest BCUT2D eigenvalue weighted by Gasteiger charge is 2.65. The Morgan fingerprint density at radius 3 is 2.40 bits per heavy atom. The van der Waals surface area contributed by atoms with E-state index in [1.165, 1.54) is 22.0 Å².